The molecule has 0 unspecified atom stereocenters. The minimum Gasteiger partial charge on any atom is -0.383 e. The van der Waals surface area contributed by atoms with Crippen molar-refractivity contribution in [3.8, 4) is 0 Å². The number of amides is 1. The molecule has 1 aromatic carbocycles. The third-order valence-corrected chi connectivity index (χ3v) is 6.20. The Morgan fingerprint density at radius 3 is 2.38 bits per heavy atom. The van der Waals surface area contributed by atoms with E-state index in [2.05, 4.69) is 5.32 Å². The van der Waals surface area contributed by atoms with Crippen molar-refractivity contribution in [2.24, 2.45) is 5.41 Å². The van der Waals surface area contributed by atoms with Gasteiger partial charge in [0.15, 0.2) is 5.78 Å². The maximum Gasteiger partial charge on any atom is 0.416 e. The van der Waals surface area contributed by atoms with Crippen LogP contribution in [0.5, 0.6) is 0 Å². The first-order valence-corrected chi connectivity index (χ1v) is 10.8. The zero-order chi connectivity index (χ0) is 23.7. The van der Waals surface area contributed by atoms with Crippen LogP contribution < -0.4 is 5.32 Å². The molecule has 1 amide bonds. The third-order valence-electron chi connectivity index (χ3n) is 5.34. The van der Waals surface area contributed by atoms with Gasteiger partial charge < -0.3 is 10.2 Å². The average molecular weight is 464 g/mol. The maximum absolute atomic E-state index is 12.9. The molecule has 1 aromatic heterocycles. The van der Waals surface area contributed by atoms with Crippen molar-refractivity contribution in [3.05, 3.63) is 69.1 Å². The molecule has 0 bridgehead atoms. The first-order valence-electron chi connectivity index (χ1n) is 9.96. The molecule has 1 aliphatic heterocycles. The number of ketones is 1. The number of benzene rings is 1. The van der Waals surface area contributed by atoms with E-state index in [4.69, 9.17) is 5.41 Å². The smallest absolute Gasteiger partial charge is 0.383 e. The summed E-state index contributed by atoms with van der Waals surface area (Å²) < 4.78 is 38.4. The van der Waals surface area contributed by atoms with E-state index in [1.807, 2.05) is 19.2 Å². The Labute approximate surface area is 188 Å². The number of hydrogen-bond donors (Lipinski definition) is 2. The molecular formula is C23H24F3N3O2S. The van der Waals surface area contributed by atoms with Gasteiger partial charge in [-0.15, -0.1) is 11.3 Å². The summed E-state index contributed by atoms with van der Waals surface area (Å²) in [6.45, 7) is 5.81. The van der Waals surface area contributed by atoms with Gasteiger partial charge in [0.1, 0.15) is 5.71 Å². The van der Waals surface area contributed by atoms with Gasteiger partial charge in [-0.2, -0.15) is 13.2 Å². The monoisotopic (exact) mass is 463 g/mol. The summed E-state index contributed by atoms with van der Waals surface area (Å²) in [6.07, 6.45) is -4.40. The summed E-state index contributed by atoms with van der Waals surface area (Å²) in [4.78, 5) is 27.2. The van der Waals surface area contributed by atoms with Gasteiger partial charge in [-0.05, 0) is 29.1 Å². The van der Waals surface area contributed by atoms with E-state index in [1.165, 1.54) is 30.4 Å². The molecule has 170 valence electrons. The van der Waals surface area contributed by atoms with Crippen LogP contribution >= 0.6 is 11.3 Å². The van der Waals surface area contributed by atoms with E-state index in [0.29, 0.717) is 28.3 Å². The van der Waals surface area contributed by atoms with Crippen molar-refractivity contribution >= 4 is 28.7 Å². The highest BCUT2D eigenvalue weighted by Gasteiger charge is 2.38. The van der Waals surface area contributed by atoms with Gasteiger partial charge in [-0.1, -0.05) is 32.0 Å². The lowest BCUT2D eigenvalue weighted by atomic mass is 9.80. The predicted molar refractivity (Wildman–Crippen MR) is 118 cm³/mol. The van der Waals surface area contributed by atoms with Crippen molar-refractivity contribution in [2.75, 3.05) is 13.1 Å². The summed E-state index contributed by atoms with van der Waals surface area (Å²) in [7, 11) is 0. The fraction of sp³-hybridized carbons (Fsp3) is 0.348. The Bertz CT molecular complexity index is 1060. The largest absolute Gasteiger partial charge is 0.416 e. The standard InChI is InChI=1S/C23H24F3N3O2S/c1-14(30)19(27)17-12-29(21(31)18-5-4-10-32-18)13-22(2,3)20(17)28-11-15-6-8-16(9-7-15)23(24,25)26/h4-10,27-28H,11-13H2,1-3H3. The van der Waals surface area contributed by atoms with Crippen LogP contribution in [-0.2, 0) is 17.5 Å². The number of rotatable bonds is 6. The topological polar surface area (TPSA) is 73.3 Å². The number of nitrogens with one attached hydrogen (secondary N) is 2. The second kappa shape index (κ2) is 8.90. The molecule has 0 atom stereocenters. The SMILES string of the molecule is CC(=O)C(=N)C1=C(NCc2ccc(C(F)(F)F)cc2)C(C)(C)CN(C(=O)c2cccs2)C1. The quantitative estimate of drug-likeness (QED) is 0.599. The van der Waals surface area contributed by atoms with Gasteiger partial charge in [-0.25, -0.2) is 0 Å². The van der Waals surface area contributed by atoms with Crippen molar-refractivity contribution in [1.82, 2.24) is 10.2 Å². The molecular weight excluding hydrogens is 439 g/mol. The fourth-order valence-electron chi connectivity index (χ4n) is 3.75. The zero-order valence-electron chi connectivity index (χ0n) is 18.0. The number of carbonyl (C=O) groups is 2. The second-order valence-corrected chi connectivity index (χ2v) is 9.30. The molecule has 2 heterocycles. The maximum atomic E-state index is 12.9. The van der Waals surface area contributed by atoms with Crippen molar-refractivity contribution < 1.29 is 22.8 Å². The Hall–Kier alpha value is -2.94. The Balaban J connectivity index is 1.89. The minimum atomic E-state index is -4.40. The molecule has 0 saturated carbocycles. The molecule has 0 spiro atoms. The molecule has 3 rings (SSSR count). The number of halogens is 3. The molecule has 5 nitrogen and oxygen atoms in total. The van der Waals surface area contributed by atoms with Crippen molar-refractivity contribution in [2.45, 2.75) is 33.5 Å². The summed E-state index contributed by atoms with van der Waals surface area (Å²) in [5.41, 5.74) is 0.191. The summed E-state index contributed by atoms with van der Waals surface area (Å²) >= 11 is 1.33. The number of alkyl halides is 3. The van der Waals surface area contributed by atoms with Gasteiger partial charge in [0.05, 0.1) is 10.4 Å². The lowest BCUT2D eigenvalue weighted by molar-refractivity contribution is -0.137. The molecule has 0 saturated heterocycles. The fourth-order valence-corrected chi connectivity index (χ4v) is 4.45. The van der Waals surface area contributed by atoms with Crippen LogP contribution in [0.1, 0.15) is 41.6 Å². The zero-order valence-corrected chi connectivity index (χ0v) is 18.8. The predicted octanol–water partition coefficient (Wildman–Crippen LogP) is 4.90. The van der Waals surface area contributed by atoms with E-state index in [1.54, 1.807) is 17.0 Å². The highest BCUT2D eigenvalue weighted by molar-refractivity contribution is 7.12. The van der Waals surface area contributed by atoms with Crippen LogP contribution in [0.2, 0.25) is 0 Å². The number of carbonyl (C=O) groups excluding carboxylic acids is 2. The van der Waals surface area contributed by atoms with E-state index in [9.17, 15) is 22.8 Å². The summed E-state index contributed by atoms with van der Waals surface area (Å²) in [5.74, 6) is -0.584. The number of nitrogens with zero attached hydrogens (tertiary/aromatic N) is 1. The highest BCUT2D eigenvalue weighted by atomic mass is 32.1. The van der Waals surface area contributed by atoms with Gasteiger partial charge in [0.2, 0.25) is 0 Å². The van der Waals surface area contributed by atoms with E-state index in [-0.39, 0.29) is 24.7 Å². The van der Waals surface area contributed by atoms with Crippen molar-refractivity contribution in [3.63, 3.8) is 0 Å². The molecule has 0 aliphatic carbocycles. The van der Waals surface area contributed by atoms with Crippen LogP contribution in [0.4, 0.5) is 13.2 Å². The summed E-state index contributed by atoms with van der Waals surface area (Å²) in [5, 5.41) is 13.4. The lowest BCUT2D eigenvalue weighted by Gasteiger charge is -2.42. The van der Waals surface area contributed by atoms with Gasteiger partial charge in [-0.3, -0.25) is 15.0 Å². The van der Waals surface area contributed by atoms with Crippen molar-refractivity contribution in [1.29, 1.82) is 5.41 Å². The Morgan fingerprint density at radius 1 is 1.19 bits per heavy atom. The molecule has 0 fully saturated rings. The molecule has 9 heteroatoms. The van der Waals surface area contributed by atoms with Crippen LogP contribution in [0, 0.1) is 10.8 Å². The molecule has 2 aromatic rings. The minimum absolute atomic E-state index is 0.105. The molecule has 32 heavy (non-hydrogen) atoms. The first-order chi connectivity index (χ1) is 14.9. The lowest BCUT2D eigenvalue weighted by Crippen LogP contribution is -2.49. The van der Waals surface area contributed by atoms with E-state index >= 15 is 0 Å². The first kappa shape index (κ1) is 23.7. The number of thiophene rings is 1. The van der Waals surface area contributed by atoms with E-state index < -0.39 is 22.9 Å². The molecule has 0 radical (unpaired) electrons. The molecule has 2 N–H and O–H groups in total. The Morgan fingerprint density at radius 2 is 1.84 bits per heavy atom. The van der Waals surface area contributed by atoms with Gasteiger partial charge >= 0.3 is 6.18 Å². The van der Waals surface area contributed by atoms with Crippen LogP contribution in [-0.4, -0.2) is 35.4 Å². The van der Waals surface area contributed by atoms with Crippen LogP contribution in [0.25, 0.3) is 0 Å². The van der Waals surface area contributed by atoms with E-state index in [0.717, 1.165) is 12.1 Å². The molecule has 1 aliphatic rings. The van der Waals surface area contributed by atoms with Gasteiger partial charge in [0, 0.05) is 43.2 Å². The second-order valence-electron chi connectivity index (χ2n) is 8.36. The highest BCUT2D eigenvalue weighted by Crippen LogP contribution is 2.35. The number of Topliss-reactive ketones (excluding diaryl/α,β-unsaturated/α-hetero) is 1. The Kier molecular flexibility index (Phi) is 6.59. The average Bonchev–Trinajstić information content (AvgIpc) is 3.25. The number of hydrogen-bond acceptors (Lipinski definition) is 5. The van der Waals surface area contributed by atoms with Crippen LogP contribution in [0.15, 0.2) is 53.0 Å². The van der Waals surface area contributed by atoms with Gasteiger partial charge in [0.25, 0.3) is 5.91 Å². The third kappa shape index (κ3) is 5.09. The van der Waals surface area contributed by atoms with Crippen LogP contribution in [0.3, 0.4) is 0 Å². The normalized spacial score (nSPS) is 16.1. The summed E-state index contributed by atoms with van der Waals surface area (Å²) in [6, 6.07) is 8.37.